The lowest BCUT2D eigenvalue weighted by Gasteiger charge is -2.15. The number of hydrogen-bond acceptors (Lipinski definition) is 3. The molecule has 5 heteroatoms. The first-order chi connectivity index (χ1) is 14.1. The number of benzene rings is 2. The number of carbonyl (C=O) groups excluding carboxylic acids is 1. The predicted octanol–water partition coefficient (Wildman–Crippen LogP) is 4.66. The zero-order valence-electron chi connectivity index (χ0n) is 17.1. The van der Waals surface area contributed by atoms with Gasteiger partial charge in [0.15, 0.2) is 0 Å². The summed E-state index contributed by atoms with van der Waals surface area (Å²) in [6.45, 7) is 6.49. The van der Waals surface area contributed by atoms with Crippen molar-refractivity contribution < 1.29 is 4.79 Å². The van der Waals surface area contributed by atoms with Crippen LogP contribution in [0.1, 0.15) is 39.7 Å². The van der Waals surface area contributed by atoms with Crippen LogP contribution < -0.4 is 10.6 Å². The van der Waals surface area contributed by atoms with Gasteiger partial charge in [-0.1, -0.05) is 37.3 Å². The van der Waals surface area contributed by atoms with Crippen LogP contribution in [0.5, 0.6) is 0 Å². The van der Waals surface area contributed by atoms with Gasteiger partial charge in [-0.05, 0) is 67.3 Å². The van der Waals surface area contributed by atoms with Gasteiger partial charge < -0.3 is 5.32 Å². The van der Waals surface area contributed by atoms with E-state index in [0.29, 0.717) is 18.1 Å². The predicted molar refractivity (Wildman–Crippen MR) is 118 cm³/mol. The molecule has 0 bridgehead atoms. The molecule has 0 unspecified atom stereocenters. The molecule has 3 rings (SSSR count). The van der Waals surface area contributed by atoms with E-state index in [2.05, 4.69) is 33.6 Å². The van der Waals surface area contributed by atoms with E-state index >= 15 is 0 Å². The summed E-state index contributed by atoms with van der Waals surface area (Å²) < 4.78 is 0. The summed E-state index contributed by atoms with van der Waals surface area (Å²) in [5.41, 5.74) is 5.74. The molecule has 1 amide bonds. The summed E-state index contributed by atoms with van der Waals surface area (Å²) in [5, 5.41) is 6.21. The summed E-state index contributed by atoms with van der Waals surface area (Å²) in [6.07, 6.45) is 2.61. The van der Waals surface area contributed by atoms with Gasteiger partial charge in [-0.2, -0.15) is 0 Å². The number of carbonyl (C=O) groups is 1. The maximum atomic E-state index is 12.8. The molecule has 0 aliphatic heterocycles. The molecule has 29 heavy (non-hydrogen) atoms. The van der Waals surface area contributed by atoms with Crippen LogP contribution in [0.15, 0.2) is 71.9 Å². The standard InChI is InChI=1S/C24H26N4O/c1-4-19-9-5-6-11-22(19)27-24(26-16-21-10-7-8-14-25-21)28-23(29)20-13-12-17(2)18(3)15-20/h5-15H,4,16H2,1-3H3,(H2,26,27,28,29). The zero-order chi connectivity index (χ0) is 20.6. The Bertz CT molecular complexity index is 1010. The molecule has 1 heterocycles. The van der Waals surface area contributed by atoms with Crippen LogP contribution in [-0.4, -0.2) is 16.9 Å². The summed E-state index contributed by atoms with van der Waals surface area (Å²) in [6, 6.07) is 19.4. The number of pyridine rings is 1. The third-order valence-electron chi connectivity index (χ3n) is 4.78. The Hall–Kier alpha value is -3.47. The number of nitrogens with zero attached hydrogens (tertiary/aromatic N) is 2. The van der Waals surface area contributed by atoms with Gasteiger partial charge >= 0.3 is 0 Å². The molecule has 0 aliphatic carbocycles. The van der Waals surface area contributed by atoms with E-state index in [0.717, 1.165) is 34.5 Å². The molecule has 5 nitrogen and oxygen atoms in total. The lowest BCUT2D eigenvalue weighted by atomic mass is 10.1. The molecule has 0 saturated heterocycles. The first-order valence-electron chi connectivity index (χ1n) is 9.74. The second-order valence-corrected chi connectivity index (χ2v) is 6.87. The number of hydrogen-bond donors (Lipinski definition) is 2. The fourth-order valence-electron chi connectivity index (χ4n) is 2.90. The average Bonchev–Trinajstić information content (AvgIpc) is 2.75. The highest BCUT2D eigenvalue weighted by Gasteiger charge is 2.11. The molecule has 0 radical (unpaired) electrons. The summed E-state index contributed by atoms with van der Waals surface area (Å²) in [5.74, 6) is 0.203. The summed E-state index contributed by atoms with van der Waals surface area (Å²) >= 11 is 0. The molecule has 148 valence electrons. The first kappa shape index (κ1) is 20.3. The fourth-order valence-corrected chi connectivity index (χ4v) is 2.90. The highest BCUT2D eigenvalue weighted by Crippen LogP contribution is 2.16. The highest BCUT2D eigenvalue weighted by molar-refractivity contribution is 6.10. The van der Waals surface area contributed by atoms with Crippen molar-refractivity contribution in [1.29, 1.82) is 0 Å². The highest BCUT2D eigenvalue weighted by atomic mass is 16.1. The van der Waals surface area contributed by atoms with E-state index in [4.69, 9.17) is 0 Å². The van der Waals surface area contributed by atoms with E-state index in [1.165, 1.54) is 0 Å². The number of amides is 1. The van der Waals surface area contributed by atoms with Gasteiger partial charge in [0.1, 0.15) is 0 Å². The van der Waals surface area contributed by atoms with Crippen LogP contribution >= 0.6 is 0 Å². The van der Waals surface area contributed by atoms with Crippen molar-refractivity contribution in [2.75, 3.05) is 5.32 Å². The van der Waals surface area contributed by atoms with Gasteiger partial charge in [0.05, 0.1) is 12.2 Å². The maximum absolute atomic E-state index is 12.8. The molecule has 0 atom stereocenters. The Balaban J connectivity index is 1.85. The van der Waals surface area contributed by atoms with Gasteiger partial charge in [0.25, 0.3) is 5.91 Å². The van der Waals surface area contributed by atoms with Crippen LogP contribution in [0.4, 0.5) is 5.69 Å². The van der Waals surface area contributed by atoms with Crippen molar-refractivity contribution in [2.45, 2.75) is 33.7 Å². The number of nitrogens with one attached hydrogen (secondary N) is 2. The van der Waals surface area contributed by atoms with Gasteiger partial charge in [-0.3, -0.25) is 15.1 Å². The van der Waals surface area contributed by atoms with Crippen LogP contribution in [0.2, 0.25) is 0 Å². The third kappa shape index (κ3) is 5.51. The van der Waals surface area contributed by atoms with Gasteiger partial charge in [0.2, 0.25) is 5.96 Å². The van der Waals surface area contributed by atoms with Crippen molar-refractivity contribution in [3.8, 4) is 0 Å². The van der Waals surface area contributed by atoms with Crippen molar-refractivity contribution in [2.24, 2.45) is 4.99 Å². The van der Waals surface area contributed by atoms with E-state index < -0.39 is 0 Å². The van der Waals surface area contributed by atoms with Gasteiger partial charge in [-0.15, -0.1) is 0 Å². The second-order valence-electron chi connectivity index (χ2n) is 6.87. The van der Waals surface area contributed by atoms with Crippen molar-refractivity contribution in [3.05, 3.63) is 94.8 Å². The van der Waals surface area contributed by atoms with Crippen LogP contribution in [0, 0.1) is 13.8 Å². The molecule has 0 saturated carbocycles. The van der Waals surface area contributed by atoms with E-state index in [-0.39, 0.29) is 5.91 Å². The average molecular weight is 386 g/mol. The fraction of sp³-hybridized carbons (Fsp3) is 0.208. The molecule has 0 spiro atoms. The van der Waals surface area contributed by atoms with Gasteiger partial charge in [-0.25, -0.2) is 4.99 Å². The van der Waals surface area contributed by atoms with Gasteiger partial charge in [0, 0.05) is 17.4 Å². The first-order valence-corrected chi connectivity index (χ1v) is 9.74. The number of aromatic nitrogens is 1. The Morgan fingerprint density at radius 1 is 1.00 bits per heavy atom. The third-order valence-corrected chi connectivity index (χ3v) is 4.78. The van der Waals surface area contributed by atoms with E-state index in [1.807, 2.05) is 68.4 Å². The summed E-state index contributed by atoms with van der Waals surface area (Å²) in [4.78, 5) is 21.7. The molecular formula is C24H26N4O. The molecule has 1 aromatic heterocycles. The molecular weight excluding hydrogens is 360 g/mol. The molecule has 3 aromatic rings. The van der Waals surface area contributed by atoms with E-state index in [9.17, 15) is 4.79 Å². The normalized spacial score (nSPS) is 11.2. The number of guanidine groups is 1. The summed E-state index contributed by atoms with van der Waals surface area (Å²) in [7, 11) is 0. The Morgan fingerprint density at radius 2 is 1.79 bits per heavy atom. The number of rotatable bonds is 5. The lowest BCUT2D eigenvalue weighted by molar-refractivity contribution is 0.0977. The molecule has 0 fully saturated rings. The quantitative estimate of drug-likeness (QED) is 0.495. The number of aliphatic imine (C=N–C) groups is 1. The Kier molecular flexibility index (Phi) is 6.74. The minimum Gasteiger partial charge on any atom is -0.326 e. The zero-order valence-corrected chi connectivity index (χ0v) is 17.1. The second kappa shape index (κ2) is 9.64. The number of para-hydroxylation sites is 1. The molecule has 0 aliphatic rings. The van der Waals surface area contributed by atoms with Crippen molar-refractivity contribution in [1.82, 2.24) is 10.3 Å². The van der Waals surface area contributed by atoms with Crippen molar-refractivity contribution in [3.63, 3.8) is 0 Å². The minimum absolute atomic E-state index is 0.200. The maximum Gasteiger partial charge on any atom is 0.257 e. The topological polar surface area (TPSA) is 66.4 Å². The Labute approximate surface area is 171 Å². The smallest absolute Gasteiger partial charge is 0.257 e. The minimum atomic E-state index is -0.200. The van der Waals surface area contributed by atoms with Crippen molar-refractivity contribution >= 4 is 17.6 Å². The SMILES string of the molecule is CCc1ccccc1NC(=NCc1ccccn1)NC(=O)c1ccc(C)c(C)c1. The number of aryl methyl sites for hydroxylation is 3. The monoisotopic (exact) mass is 386 g/mol. The lowest BCUT2D eigenvalue weighted by Crippen LogP contribution is -2.36. The Morgan fingerprint density at radius 3 is 2.52 bits per heavy atom. The molecule has 2 aromatic carbocycles. The van der Waals surface area contributed by atoms with Crippen LogP contribution in [0.3, 0.4) is 0 Å². The molecule has 2 N–H and O–H groups in total. The largest absolute Gasteiger partial charge is 0.326 e. The van der Waals surface area contributed by atoms with Crippen LogP contribution in [0.25, 0.3) is 0 Å². The van der Waals surface area contributed by atoms with E-state index in [1.54, 1.807) is 6.20 Å². The number of anilines is 1. The van der Waals surface area contributed by atoms with Crippen LogP contribution in [-0.2, 0) is 13.0 Å².